The molecule has 1 aromatic rings. The molecule has 1 aliphatic heterocycles. The van der Waals surface area contributed by atoms with Crippen molar-refractivity contribution in [2.45, 2.75) is 12.8 Å². The minimum absolute atomic E-state index is 0.175. The predicted octanol–water partition coefficient (Wildman–Crippen LogP) is 1.01. The molecule has 102 valence electrons. The van der Waals surface area contributed by atoms with E-state index in [1.54, 1.807) is 20.2 Å². The normalized spacial score (nSPS) is 14.3. The van der Waals surface area contributed by atoms with Gasteiger partial charge < -0.3 is 15.5 Å². The van der Waals surface area contributed by atoms with Gasteiger partial charge in [-0.1, -0.05) is 0 Å². The van der Waals surface area contributed by atoms with Gasteiger partial charge in [0, 0.05) is 44.0 Å². The minimum Gasteiger partial charge on any atom is -0.371 e. The van der Waals surface area contributed by atoms with Crippen molar-refractivity contribution >= 4 is 17.5 Å². The molecule has 0 unspecified atom stereocenters. The fraction of sp³-hybridized carbons (Fsp3) is 0.429. The smallest absolute Gasteiger partial charge is 0.251 e. The van der Waals surface area contributed by atoms with Crippen LogP contribution in [0.4, 0.5) is 5.69 Å². The van der Waals surface area contributed by atoms with Crippen molar-refractivity contribution in [2.75, 3.05) is 32.1 Å². The first-order chi connectivity index (χ1) is 9.15. The zero-order valence-corrected chi connectivity index (χ0v) is 11.3. The first-order valence-corrected chi connectivity index (χ1v) is 6.50. The molecule has 0 aliphatic carbocycles. The Labute approximate surface area is 113 Å². The van der Waals surface area contributed by atoms with E-state index in [0.717, 1.165) is 31.6 Å². The van der Waals surface area contributed by atoms with Gasteiger partial charge in [0.25, 0.3) is 11.8 Å². The number of rotatable bonds is 3. The van der Waals surface area contributed by atoms with Crippen LogP contribution in [0.15, 0.2) is 18.2 Å². The zero-order chi connectivity index (χ0) is 13.8. The number of carbonyl (C=O) groups excluding carboxylic acids is 2. The summed E-state index contributed by atoms with van der Waals surface area (Å²) in [7, 11) is 3.18. The van der Waals surface area contributed by atoms with Gasteiger partial charge >= 0.3 is 0 Å². The van der Waals surface area contributed by atoms with Crippen LogP contribution in [0.3, 0.4) is 0 Å². The maximum absolute atomic E-state index is 11.8. The number of nitrogens with one attached hydrogen (secondary N) is 2. The molecule has 1 saturated heterocycles. The number of hydrogen-bond donors (Lipinski definition) is 2. The lowest BCUT2D eigenvalue weighted by Gasteiger charge is -2.19. The van der Waals surface area contributed by atoms with Crippen molar-refractivity contribution in [3.8, 4) is 0 Å². The predicted molar refractivity (Wildman–Crippen MR) is 74.7 cm³/mol. The zero-order valence-electron chi connectivity index (χ0n) is 11.3. The summed E-state index contributed by atoms with van der Waals surface area (Å²) in [6, 6.07) is 5.31. The maximum atomic E-state index is 11.8. The highest BCUT2D eigenvalue weighted by molar-refractivity contribution is 6.01. The van der Waals surface area contributed by atoms with Gasteiger partial charge in [-0.15, -0.1) is 0 Å². The van der Waals surface area contributed by atoms with Crippen LogP contribution in [0.25, 0.3) is 0 Å². The van der Waals surface area contributed by atoms with Gasteiger partial charge in [-0.2, -0.15) is 0 Å². The van der Waals surface area contributed by atoms with Crippen LogP contribution in [-0.4, -0.2) is 39.0 Å². The third-order valence-electron chi connectivity index (χ3n) is 3.37. The molecule has 5 heteroatoms. The number of carbonyl (C=O) groups is 2. The van der Waals surface area contributed by atoms with Gasteiger partial charge in [-0.05, 0) is 31.0 Å². The summed E-state index contributed by atoms with van der Waals surface area (Å²) in [6.45, 7) is 1.95. The largest absolute Gasteiger partial charge is 0.371 e. The molecule has 2 N–H and O–H groups in total. The van der Waals surface area contributed by atoms with Crippen molar-refractivity contribution in [1.29, 1.82) is 0 Å². The fourth-order valence-corrected chi connectivity index (χ4v) is 2.32. The van der Waals surface area contributed by atoms with Crippen LogP contribution in [-0.2, 0) is 0 Å². The Kier molecular flexibility index (Phi) is 4.04. The Morgan fingerprint density at radius 1 is 0.947 bits per heavy atom. The molecule has 0 aromatic heterocycles. The van der Waals surface area contributed by atoms with Crippen LogP contribution in [0.1, 0.15) is 33.6 Å². The van der Waals surface area contributed by atoms with Gasteiger partial charge in [-0.25, -0.2) is 0 Å². The van der Waals surface area contributed by atoms with Crippen molar-refractivity contribution in [2.24, 2.45) is 0 Å². The van der Waals surface area contributed by atoms with E-state index >= 15 is 0 Å². The molecule has 0 atom stereocenters. The van der Waals surface area contributed by atoms with Gasteiger partial charge in [0.2, 0.25) is 0 Å². The van der Waals surface area contributed by atoms with Crippen LogP contribution in [0.2, 0.25) is 0 Å². The summed E-state index contributed by atoms with van der Waals surface area (Å²) in [4.78, 5) is 25.8. The van der Waals surface area contributed by atoms with Gasteiger partial charge in [0.05, 0.1) is 0 Å². The number of anilines is 1. The van der Waals surface area contributed by atoms with Crippen LogP contribution < -0.4 is 15.5 Å². The molecule has 0 spiro atoms. The van der Waals surface area contributed by atoms with E-state index in [0.29, 0.717) is 11.1 Å². The summed E-state index contributed by atoms with van der Waals surface area (Å²) >= 11 is 0. The van der Waals surface area contributed by atoms with Crippen molar-refractivity contribution in [1.82, 2.24) is 10.6 Å². The minimum atomic E-state index is -0.175. The topological polar surface area (TPSA) is 61.4 Å². The average molecular weight is 261 g/mol. The third kappa shape index (κ3) is 2.86. The average Bonchev–Trinajstić information content (AvgIpc) is 2.99. The molecule has 1 fully saturated rings. The second-order valence-corrected chi connectivity index (χ2v) is 4.62. The Morgan fingerprint density at radius 3 is 1.84 bits per heavy atom. The molecule has 1 heterocycles. The number of hydrogen-bond acceptors (Lipinski definition) is 3. The Morgan fingerprint density at radius 2 is 1.42 bits per heavy atom. The molecule has 5 nitrogen and oxygen atoms in total. The molecule has 1 aliphatic rings. The van der Waals surface area contributed by atoms with Gasteiger partial charge in [0.1, 0.15) is 0 Å². The van der Waals surface area contributed by atoms with E-state index in [2.05, 4.69) is 15.5 Å². The summed E-state index contributed by atoms with van der Waals surface area (Å²) in [6.07, 6.45) is 2.30. The SMILES string of the molecule is CNC(=O)c1cc(C(=O)NC)cc(N2CCCC2)c1. The van der Waals surface area contributed by atoms with E-state index in [1.807, 2.05) is 12.1 Å². The second kappa shape index (κ2) is 5.73. The Hall–Kier alpha value is -2.04. The maximum Gasteiger partial charge on any atom is 0.251 e. The summed E-state index contributed by atoms with van der Waals surface area (Å²) in [5, 5.41) is 5.19. The van der Waals surface area contributed by atoms with Crippen molar-refractivity contribution in [3.05, 3.63) is 29.3 Å². The van der Waals surface area contributed by atoms with E-state index in [4.69, 9.17) is 0 Å². The van der Waals surface area contributed by atoms with Crippen molar-refractivity contribution < 1.29 is 9.59 Å². The number of nitrogens with zero attached hydrogens (tertiary/aromatic N) is 1. The van der Waals surface area contributed by atoms with E-state index in [1.165, 1.54) is 0 Å². The Bertz CT molecular complexity index is 459. The molecule has 0 bridgehead atoms. The monoisotopic (exact) mass is 261 g/mol. The molecule has 2 amide bonds. The van der Waals surface area contributed by atoms with Gasteiger partial charge in [0.15, 0.2) is 0 Å². The third-order valence-corrected chi connectivity index (χ3v) is 3.37. The standard InChI is InChI=1S/C14H19N3O2/c1-15-13(18)10-7-11(14(19)16-2)9-12(8-10)17-5-3-4-6-17/h7-9H,3-6H2,1-2H3,(H,15,18)(H,16,19). The first-order valence-electron chi connectivity index (χ1n) is 6.50. The molecule has 0 radical (unpaired) electrons. The first kappa shape index (κ1) is 13.4. The van der Waals surface area contributed by atoms with Crippen LogP contribution in [0.5, 0.6) is 0 Å². The quantitative estimate of drug-likeness (QED) is 0.853. The summed E-state index contributed by atoms with van der Waals surface area (Å²) < 4.78 is 0. The lowest BCUT2D eigenvalue weighted by atomic mass is 10.1. The Balaban J connectivity index is 2.41. The fourth-order valence-electron chi connectivity index (χ4n) is 2.32. The highest BCUT2D eigenvalue weighted by Gasteiger charge is 2.17. The lowest BCUT2D eigenvalue weighted by molar-refractivity contribution is 0.0962. The van der Waals surface area contributed by atoms with Crippen LogP contribution in [0, 0.1) is 0 Å². The molecule has 1 aromatic carbocycles. The summed E-state index contributed by atoms with van der Waals surface area (Å²) in [5.41, 5.74) is 1.98. The molecule has 2 rings (SSSR count). The molecule has 19 heavy (non-hydrogen) atoms. The second-order valence-electron chi connectivity index (χ2n) is 4.62. The van der Waals surface area contributed by atoms with Gasteiger partial charge in [-0.3, -0.25) is 9.59 Å². The lowest BCUT2D eigenvalue weighted by Crippen LogP contribution is -2.24. The summed E-state index contributed by atoms with van der Waals surface area (Å²) in [5.74, 6) is -0.350. The van der Waals surface area contributed by atoms with E-state index in [-0.39, 0.29) is 11.8 Å². The number of benzene rings is 1. The van der Waals surface area contributed by atoms with Crippen molar-refractivity contribution in [3.63, 3.8) is 0 Å². The number of amides is 2. The van der Waals surface area contributed by atoms with Crippen LogP contribution >= 0.6 is 0 Å². The van der Waals surface area contributed by atoms with E-state index < -0.39 is 0 Å². The highest BCUT2D eigenvalue weighted by Crippen LogP contribution is 2.23. The molecular formula is C14H19N3O2. The molecule has 0 saturated carbocycles. The molecular weight excluding hydrogens is 242 g/mol. The highest BCUT2D eigenvalue weighted by atomic mass is 16.2. The van der Waals surface area contributed by atoms with E-state index in [9.17, 15) is 9.59 Å².